The van der Waals surface area contributed by atoms with Gasteiger partial charge < -0.3 is 9.88 Å². The van der Waals surface area contributed by atoms with E-state index in [-0.39, 0.29) is 11.9 Å². The average Bonchev–Trinajstić information content (AvgIpc) is 2.93. The molecule has 0 bridgehead atoms. The normalized spacial score (nSPS) is 12.3. The molecule has 5 heteroatoms. The van der Waals surface area contributed by atoms with Gasteiger partial charge in [-0.2, -0.15) is 0 Å². The van der Waals surface area contributed by atoms with Gasteiger partial charge in [-0.1, -0.05) is 6.07 Å². The van der Waals surface area contributed by atoms with E-state index in [0.29, 0.717) is 6.42 Å². The van der Waals surface area contributed by atoms with Crippen molar-refractivity contribution in [2.45, 2.75) is 32.9 Å². The average molecular weight is 308 g/mol. The molecule has 1 N–H and O–H groups in total. The Morgan fingerprint density at radius 1 is 1.22 bits per heavy atom. The van der Waals surface area contributed by atoms with Crippen molar-refractivity contribution < 1.29 is 4.79 Å². The standard InChI is InChI=1S/C18H20N4O/c1-3-22-12-14(15-7-6-10-20-18(15)22)11-17(23)21-13(2)16-8-4-5-9-19-16/h4-10,12-13H,3,11H2,1-2H3,(H,21,23)/t13-/m1/s1. The van der Waals surface area contributed by atoms with Crippen molar-refractivity contribution >= 4 is 16.9 Å². The molecule has 0 aliphatic heterocycles. The first kappa shape index (κ1) is 15.2. The SMILES string of the molecule is CCn1cc(CC(=O)N[C@H](C)c2ccccn2)c2cccnc21. The van der Waals surface area contributed by atoms with Crippen LogP contribution in [0.1, 0.15) is 31.1 Å². The van der Waals surface area contributed by atoms with Gasteiger partial charge in [0.2, 0.25) is 5.91 Å². The number of hydrogen-bond acceptors (Lipinski definition) is 3. The van der Waals surface area contributed by atoms with E-state index < -0.39 is 0 Å². The highest BCUT2D eigenvalue weighted by Gasteiger charge is 2.14. The highest BCUT2D eigenvalue weighted by molar-refractivity contribution is 5.87. The van der Waals surface area contributed by atoms with Crippen LogP contribution in [-0.2, 0) is 17.8 Å². The van der Waals surface area contributed by atoms with Gasteiger partial charge in [0.1, 0.15) is 5.65 Å². The molecule has 0 spiro atoms. The van der Waals surface area contributed by atoms with E-state index in [4.69, 9.17) is 0 Å². The van der Waals surface area contributed by atoms with Crippen LogP contribution in [0.3, 0.4) is 0 Å². The molecule has 0 aromatic carbocycles. The lowest BCUT2D eigenvalue weighted by Gasteiger charge is -2.13. The Labute approximate surface area is 135 Å². The highest BCUT2D eigenvalue weighted by atomic mass is 16.1. The van der Waals surface area contributed by atoms with Gasteiger partial charge in [-0.25, -0.2) is 4.98 Å². The minimum Gasteiger partial charge on any atom is -0.348 e. The molecule has 5 nitrogen and oxygen atoms in total. The summed E-state index contributed by atoms with van der Waals surface area (Å²) in [6.07, 6.45) is 5.87. The zero-order valence-electron chi connectivity index (χ0n) is 13.4. The second-order valence-corrected chi connectivity index (χ2v) is 5.54. The molecule has 0 fully saturated rings. The second kappa shape index (κ2) is 6.60. The van der Waals surface area contributed by atoms with E-state index in [0.717, 1.165) is 28.8 Å². The monoisotopic (exact) mass is 308 g/mol. The molecule has 1 atom stereocenters. The van der Waals surface area contributed by atoms with Crippen LogP contribution in [-0.4, -0.2) is 20.4 Å². The molecular formula is C18H20N4O. The Balaban J connectivity index is 1.76. The number of nitrogens with zero attached hydrogens (tertiary/aromatic N) is 3. The molecule has 0 aliphatic rings. The van der Waals surface area contributed by atoms with Crippen LogP contribution in [0, 0.1) is 0 Å². The van der Waals surface area contributed by atoms with Crippen molar-refractivity contribution in [1.29, 1.82) is 0 Å². The molecule has 3 aromatic heterocycles. The Hall–Kier alpha value is -2.69. The summed E-state index contributed by atoms with van der Waals surface area (Å²) in [5, 5.41) is 4.04. The van der Waals surface area contributed by atoms with E-state index in [2.05, 4.69) is 26.8 Å². The lowest BCUT2D eigenvalue weighted by Crippen LogP contribution is -2.28. The molecule has 0 saturated heterocycles. The number of carbonyl (C=O) groups is 1. The van der Waals surface area contributed by atoms with Crippen LogP contribution < -0.4 is 5.32 Å². The van der Waals surface area contributed by atoms with E-state index in [1.165, 1.54) is 0 Å². The molecule has 1 amide bonds. The molecule has 0 radical (unpaired) electrons. The zero-order chi connectivity index (χ0) is 16.2. The predicted molar refractivity (Wildman–Crippen MR) is 89.9 cm³/mol. The van der Waals surface area contributed by atoms with Gasteiger partial charge in [-0.3, -0.25) is 9.78 Å². The van der Waals surface area contributed by atoms with Gasteiger partial charge in [0.25, 0.3) is 0 Å². The van der Waals surface area contributed by atoms with Crippen molar-refractivity contribution in [3.63, 3.8) is 0 Å². The summed E-state index contributed by atoms with van der Waals surface area (Å²) in [5.41, 5.74) is 2.79. The molecular weight excluding hydrogens is 288 g/mol. The molecule has 3 rings (SSSR count). The fourth-order valence-corrected chi connectivity index (χ4v) is 2.75. The topological polar surface area (TPSA) is 59.8 Å². The number of hydrogen-bond donors (Lipinski definition) is 1. The summed E-state index contributed by atoms with van der Waals surface area (Å²) < 4.78 is 2.07. The van der Waals surface area contributed by atoms with Crippen molar-refractivity contribution in [3.05, 3.63) is 60.2 Å². The number of aromatic nitrogens is 3. The minimum absolute atomic E-state index is 0.0119. The van der Waals surface area contributed by atoms with Crippen LogP contribution in [0.2, 0.25) is 0 Å². The van der Waals surface area contributed by atoms with Crippen molar-refractivity contribution in [2.75, 3.05) is 0 Å². The number of amides is 1. The van der Waals surface area contributed by atoms with Gasteiger partial charge >= 0.3 is 0 Å². The van der Waals surface area contributed by atoms with Crippen LogP contribution in [0.4, 0.5) is 0 Å². The number of rotatable bonds is 5. The Morgan fingerprint density at radius 2 is 2.04 bits per heavy atom. The quantitative estimate of drug-likeness (QED) is 0.788. The Morgan fingerprint density at radius 3 is 2.78 bits per heavy atom. The maximum atomic E-state index is 12.4. The molecule has 23 heavy (non-hydrogen) atoms. The molecule has 118 valence electrons. The van der Waals surface area contributed by atoms with Gasteiger partial charge in [0.05, 0.1) is 18.2 Å². The molecule has 0 aliphatic carbocycles. The van der Waals surface area contributed by atoms with Crippen molar-refractivity contribution in [3.8, 4) is 0 Å². The summed E-state index contributed by atoms with van der Waals surface area (Å²) in [6, 6.07) is 9.51. The summed E-state index contributed by atoms with van der Waals surface area (Å²) >= 11 is 0. The first-order valence-electron chi connectivity index (χ1n) is 7.82. The lowest BCUT2D eigenvalue weighted by atomic mass is 10.1. The maximum absolute atomic E-state index is 12.4. The summed E-state index contributed by atoms with van der Waals surface area (Å²) in [5.74, 6) is -0.0119. The zero-order valence-corrected chi connectivity index (χ0v) is 13.4. The first-order chi connectivity index (χ1) is 11.2. The third-order valence-electron chi connectivity index (χ3n) is 3.92. The predicted octanol–water partition coefficient (Wildman–Crippen LogP) is 2.87. The molecule has 3 aromatic rings. The van der Waals surface area contributed by atoms with Crippen molar-refractivity contribution in [2.24, 2.45) is 0 Å². The Kier molecular flexibility index (Phi) is 4.37. The van der Waals surface area contributed by atoms with Gasteiger partial charge in [-0.15, -0.1) is 0 Å². The van der Waals surface area contributed by atoms with Gasteiger partial charge in [0, 0.05) is 30.5 Å². The van der Waals surface area contributed by atoms with E-state index in [9.17, 15) is 4.79 Å². The minimum atomic E-state index is -0.110. The fraction of sp³-hybridized carbons (Fsp3) is 0.278. The van der Waals surface area contributed by atoms with Gasteiger partial charge in [0.15, 0.2) is 0 Å². The second-order valence-electron chi connectivity index (χ2n) is 5.54. The summed E-state index contributed by atoms with van der Waals surface area (Å²) in [6.45, 7) is 4.84. The largest absolute Gasteiger partial charge is 0.348 e. The Bertz CT molecular complexity index is 810. The first-order valence-corrected chi connectivity index (χ1v) is 7.82. The van der Waals surface area contributed by atoms with E-state index in [1.807, 2.05) is 43.5 Å². The smallest absolute Gasteiger partial charge is 0.225 e. The summed E-state index contributed by atoms with van der Waals surface area (Å²) in [7, 11) is 0. The van der Waals surface area contributed by atoms with Gasteiger partial charge in [-0.05, 0) is 43.7 Å². The number of aryl methyl sites for hydroxylation is 1. The molecule has 0 saturated carbocycles. The number of fused-ring (bicyclic) bond motifs is 1. The fourth-order valence-electron chi connectivity index (χ4n) is 2.75. The number of pyridine rings is 2. The lowest BCUT2D eigenvalue weighted by molar-refractivity contribution is -0.121. The highest BCUT2D eigenvalue weighted by Crippen LogP contribution is 2.20. The van der Waals surface area contributed by atoms with Crippen LogP contribution in [0.25, 0.3) is 11.0 Å². The maximum Gasteiger partial charge on any atom is 0.225 e. The van der Waals surface area contributed by atoms with E-state index in [1.54, 1.807) is 12.4 Å². The molecule has 0 unspecified atom stereocenters. The van der Waals surface area contributed by atoms with Crippen LogP contribution in [0.15, 0.2) is 48.9 Å². The third kappa shape index (κ3) is 3.23. The van der Waals surface area contributed by atoms with Crippen molar-refractivity contribution in [1.82, 2.24) is 19.9 Å². The van der Waals surface area contributed by atoms with Crippen LogP contribution in [0.5, 0.6) is 0 Å². The third-order valence-corrected chi connectivity index (χ3v) is 3.92. The number of nitrogens with one attached hydrogen (secondary N) is 1. The number of carbonyl (C=O) groups excluding carboxylic acids is 1. The van der Waals surface area contributed by atoms with Crippen LogP contribution >= 0.6 is 0 Å². The van der Waals surface area contributed by atoms with E-state index >= 15 is 0 Å². The summed E-state index contributed by atoms with van der Waals surface area (Å²) in [4.78, 5) is 21.1. The molecule has 3 heterocycles.